The molecule has 0 aromatic heterocycles. The molecule has 2 aliphatic heterocycles. The lowest BCUT2D eigenvalue weighted by Gasteiger charge is -2.19. The van der Waals surface area contributed by atoms with E-state index < -0.39 is 15.6 Å². The maximum atomic E-state index is 11.2. The predicted molar refractivity (Wildman–Crippen MR) is 50.6 cm³/mol. The molecular formula is C7H11BrO4S. The molecule has 0 amide bonds. The van der Waals surface area contributed by atoms with E-state index >= 15 is 0 Å². The van der Waals surface area contributed by atoms with Crippen LogP contribution in [0.4, 0.5) is 0 Å². The highest BCUT2D eigenvalue weighted by Crippen LogP contribution is 2.34. The minimum Gasteiger partial charge on any atom is -0.346 e. The van der Waals surface area contributed by atoms with Gasteiger partial charge in [0.25, 0.3) is 0 Å². The van der Waals surface area contributed by atoms with Gasteiger partial charge in [-0.15, -0.1) is 0 Å². The lowest BCUT2D eigenvalue weighted by Crippen LogP contribution is -2.32. The molecule has 0 saturated carbocycles. The monoisotopic (exact) mass is 270 g/mol. The second-order valence-electron chi connectivity index (χ2n) is 3.46. The van der Waals surface area contributed by atoms with Gasteiger partial charge in [0.2, 0.25) is 0 Å². The molecule has 2 rings (SSSR count). The lowest BCUT2D eigenvalue weighted by atomic mass is 10.2. The zero-order valence-corrected chi connectivity index (χ0v) is 9.43. The Bertz CT molecular complexity index is 302. The van der Waals surface area contributed by atoms with Gasteiger partial charge in [0, 0.05) is 11.8 Å². The molecule has 0 aliphatic carbocycles. The van der Waals surface area contributed by atoms with Gasteiger partial charge in [-0.05, 0) is 0 Å². The highest BCUT2D eigenvalue weighted by molar-refractivity contribution is 9.09. The van der Waals surface area contributed by atoms with Crippen molar-refractivity contribution in [3.05, 3.63) is 0 Å². The molecule has 2 aliphatic rings. The molecule has 2 saturated heterocycles. The molecule has 4 nitrogen and oxygen atoms in total. The largest absolute Gasteiger partial charge is 0.346 e. The Kier molecular flexibility index (Phi) is 2.42. The molecule has 2 fully saturated rings. The highest BCUT2D eigenvalue weighted by Gasteiger charge is 2.49. The van der Waals surface area contributed by atoms with Crippen LogP contribution < -0.4 is 0 Å². The Morgan fingerprint density at radius 1 is 1.54 bits per heavy atom. The third kappa shape index (κ3) is 1.91. The van der Waals surface area contributed by atoms with Crippen LogP contribution in [0.1, 0.15) is 6.42 Å². The van der Waals surface area contributed by atoms with Crippen LogP contribution >= 0.6 is 15.9 Å². The standard InChI is InChI=1S/C7H11BrO4S/c8-3-6-4-11-7(12-6)1-2-13(9,10)5-7/h6H,1-5H2. The van der Waals surface area contributed by atoms with Crippen molar-refractivity contribution in [1.29, 1.82) is 0 Å². The van der Waals surface area contributed by atoms with Crippen LogP contribution in [0, 0.1) is 0 Å². The maximum absolute atomic E-state index is 11.2. The van der Waals surface area contributed by atoms with E-state index in [0.717, 1.165) is 0 Å². The SMILES string of the molecule is O=S1(=O)CCC2(C1)OCC(CBr)O2. The van der Waals surface area contributed by atoms with E-state index in [1.54, 1.807) is 0 Å². The van der Waals surface area contributed by atoms with Gasteiger partial charge in [-0.3, -0.25) is 0 Å². The third-order valence-electron chi connectivity index (χ3n) is 2.32. The number of hydrogen-bond donors (Lipinski definition) is 0. The fourth-order valence-electron chi connectivity index (χ4n) is 1.69. The molecular weight excluding hydrogens is 260 g/mol. The van der Waals surface area contributed by atoms with E-state index in [9.17, 15) is 8.42 Å². The van der Waals surface area contributed by atoms with E-state index in [4.69, 9.17) is 9.47 Å². The van der Waals surface area contributed by atoms with Gasteiger partial charge in [0.15, 0.2) is 15.6 Å². The van der Waals surface area contributed by atoms with Crippen molar-refractivity contribution in [2.24, 2.45) is 0 Å². The topological polar surface area (TPSA) is 52.6 Å². The third-order valence-corrected chi connectivity index (χ3v) is 4.75. The Morgan fingerprint density at radius 3 is 2.77 bits per heavy atom. The van der Waals surface area contributed by atoms with Crippen LogP contribution in [0.2, 0.25) is 0 Å². The van der Waals surface area contributed by atoms with Crippen molar-refractivity contribution in [3.63, 3.8) is 0 Å². The fraction of sp³-hybridized carbons (Fsp3) is 1.00. The summed E-state index contributed by atoms with van der Waals surface area (Å²) in [5.74, 6) is -0.622. The molecule has 1 spiro atoms. The van der Waals surface area contributed by atoms with Crippen molar-refractivity contribution in [2.45, 2.75) is 18.3 Å². The quantitative estimate of drug-likeness (QED) is 0.644. The van der Waals surface area contributed by atoms with E-state index in [1.807, 2.05) is 0 Å². The van der Waals surface area contributed by atoms with Gasteiger partial charge in [0.05, 0.1) is 18.5 Å². The molecule has 0 N–H and O–H groups in total. The smallest absolute Gasteiger partial charge is 0.183 e. The molecule has 6 heteroatoms. The molecule has 0 radical (unpaired) electrons. The minimum atomic E-state index is -2.94. The first-order valence-electron chi connectivity index (χ1n) is 4.13. The van der Waals surface area contributed by atoms with Gasteiger partial charge in [-0.25, -0.2) is 8.42 Å². The number of hydrogen-bond acceptors (Lipinski definition) is 4. The Hall–Kier alpha value is 0.350. The average Bonchev–Trinajstić information content (AvgIpc) is 2.57. The van der Waals surface area contributed by atoms with Crippen molar-refractivity contribution >= 4 is 25.8 Å². The zero-order chi connectivity index (χ0) is 9.53. The van der Waals surface area contributed by atoms with Gasteiger partial charge in [-0.2, -0.15) is 0 Å². The average molecular weight is 271 g/mol. The molecule has 0 bridgehead atoms. The molecule has 2 unspecified atom stereocenters. The number of rotatable bonds is 1. The number of sulfone groups is 1. The molecule has 0 aromatic rings. The first kappa shape index (κ1) is 9.89. The Balaban J connectivity index is 2.09. The van der Waals surface area contributed by atoms with Crippen LogP contribution in [0.15, 0.2) is 0 Å². The number of alkyl halides is 1. The summed E-state index contributed by atoms with van der Waals surface area (Å²) in [5, 5.41) is 0.689. The summed E-state index contributed by atoms with van der Waals surface area (Å²) in [5.41, 5.74) is 0. The number of halogens is 1. The van der Waals surface area contributed by atoms with Gasteiger partial charge in [0.1, 0.15) is 5.75 Å². The summed E-state index contributed by atoms with van der Waals surface area (Å²) in [6, 6.07) is 0. The Labute approximate surface area is 85.6 Å². The van der Waals surface area contributed by atoms with Gasteiger partial charge >= 0.3 is 0 Å². The minimum absolute atomic E-state index is 0.00620. The van der Waals surface area contributed by atoms with Crippen LogP contribution in [-0.2, 0) is 19.3 Å². The Morgan fingerprint density at radius 2 is 2.31 bits per heavy atom. The molecule has 13 heavy (non-hydrogen) atoms. The summed E-state index contributed by atoms with van der Waals surface area (Å²) < 4.78 is 33.4. The van der Waals surface area contributed by atoms with Crippen LogP contribution in [0.3, 0.4) is 0 Å². The van der Waals surface area contributed by atoms with Crippen molar-refractivity contribution in [2.75, 3.05) is 23.4 Å². The van der Waals surface area contributed by atoms with Gasteiger partial charge in [-0.1, -0.05) is 15.9 Å². The number of ether oxygens (including phenoxy) is 2. The summed E-state index contributed by atoms with van der Waals surface area (Å²) >= 11 is 3.28. The van der Waals surface area contributed by atoms with Crippen LogP contribution in [-0.4, -0.2) is 43.8 Å². The molecule has 2 heterocycles. The highest BCUT2D eigenvalue weighted by atomic mass is 79.9. The first-order chi connectivity index (χ1) is 6.05. The second-order valence-corrected chi connectivity index (χ2v) is 6.29. The molecule has 76 valence electrons. The van der Waals surface area contributed by atoms with E-state index in [1.165, 1.54) is 0 Å². The van der Waals surface area contributed by atoms with Gasteiger partial charge < -0.3 is 9.47 Å². The van der Waals surface area contributed by atoms with Crippen molar-refractivity contribution in [1.82, 2.24) is 0 Å². The fourth-order valence-corrected chi connectivity index (χ4v) is 3.74. The van der Waals surface area contributed by atoms with Crippen molar-refractivity contribution in [3.8, 4) is 0 Å². The summed E-state index contributed by atoms with van der Waals surface area (Å²) in [6.07, 6.45) is 0.465. The summed E-state index contributed by atoms with van der Waals surface area (Å²) in [6.45, 7) is 0.487. The summed E-state index contributed by atoms with van der Waals surface area (Å²) in [4.78, 5) is 0. The molecule has 0 aromatic carbocycles. The molecule has 2 atom stereocenters. The predicted octanol–water partition coefficient (Wildman–Crippen LogP) is 0.312. The van der Waals surface area contributed by atoms with Crippen LogP contribution in [0.5, 0.6) is 0 Å². The first-order valence-corrected chi connectivity index (χ1v) is 7.08. The van der Waals surface area contributed by atoms with Crippen molar-refractivity contribution < 1.29 is 17.9 Å². The van der Waals surface area contributed by atoms with E-state index in [2.05, 4.69) is 15.9 Å². The lowest BCUT2D eigenvalue weighted by molar-refractivity contribution is -0.143. The van der Waals surface area contributed by atoms with E-state index in [0.29, 0.717) is 18.4 Å². The van der Waals surface area contributed by atoms with Crippen LogP contribution in [0.25, 0.3) is 0 Å². The second kappa shape index (κ2) is 3.18. The normalized spacial score (nSPS) is 43.0. The maximum Gasteiger partial charge on any atom is 0.183 e. The van der Waals surface area contributed by atoms with E-state index in [-0.39, 0.29) is 17.6 Å². The summed E-state index contributed by atoms with van der Waals surface area (Å²) in [7, 11) is -2.94. The zero-order valence-electron chi connectivity index (χ0n) is 7.03.